The molecule has 1 aromatic carbocycles. The Morgan fingerprint density at radius 2 is 2.12 bits per heavy atom. The van der Waals surface area contributed by atoms with Crippen LogP contribution in [0.2, 0.25) is 5.02 Å². The highest BCUT2D eigenvalue weighted by Crippen LogP contribution is 2.28. The van der Waals surface area contributed by atoms with E-state index in [1.807, 2.05) is 24.3 Å². The molecule has 0 atom stereocenters. The maximum atomic E-state index is 6.02. The molecule has 0 fully saturated rings. The van der Waals surface area contributed by atoms with Gasteiger partial charge in [0.1, 0.15) is 0 Å². The number of hydrogen-bond donors (Lipinski definition) is 0. The third-order valence-electron chi connectivity index (χ3n) is 2.86. The molecule has 0 aliphatic carbocycles. The van der Waals surface area contributed by atoms with Crippen LogP contribution < -0.4 is 0 Å². The van der Waals surface area contributed by atoms with Gasteiger partial charge in [0, 0.05) is 27.4 Å². The first-order valence-electron chi connectivity index (χ1n) is 5.36. The molecule has 2 aromatic heterocycles. The third kappa shape index (κ3) is 1.66. The Kier molecular flexibility index (Phi) is 2.45. The summed E-state index contributed by atoms with van der Waals surface area (Å²) in [5.74, 6) is 0. The number of halogens is 1. The molecule has 0 saturated heterocycles. The highest BCUT2D eigenvalue weighted by atomic mass is 35.5. The summed E-state index contributed by atoms with van der Waals surface area (Å²) >= 11 is 7.69. The van der Waals surface area contributed by atoms with Gasteiger partial charge in [-0.3, -0.25) is 4.40 Å². The molecule has 4 heteroatoms. The predicted octanol–water partition coefficient (Wildman–Crippen LogP) is 4.33. The van der Waals surface area contributed by atoms with Crippen molar-refractivity contribution in [1.82, 2.24) is 9.38 Å². The fourth-order valence-electron chi connectivity index (χ4n) is 2.07. The zero-order chi connectivity index (χ0) is 12.0. The first-order chi connectivity index (χ1) is 8.16. The summed E-state index contributed by atoms with van der Waals surface area (Å²) in [5.41, 5.74) is 4.48. The van der Waals surface area contributed by atoms with E-state index in [-0.39, 0.29) is 0 Å². The van der Waals surface area contributed by atoms with Crippen molar-refractivity contribution in [3.05, 3.63) is 46.1 Å². The molecule has 3 rings (SSSR count). The van der Waals surface area contributed by atoms with Crippen molar-refractivity contribution in [2.75, 3.05) is 0 Å². The molecule has 0 radical (unpaired) electrons. The van der Waals surface area contributed by atoms with E-state index in [4.69, 9.17) is 11.6 Å². The van der Waals surface area contributed by atoms with E-state index < -0.39 is 0 Å². The van der Waals surface area contributed by atoms with Gasteiger partial charge in [0.05, 0.1) is 5.69 Å². The van der Waals surface area contributed by atoms with Crippen LogP contribution in [0.25, 0.3) is 16.2 Å². The summed E-state index contributed by atoms with van der Waals surface area (Å²) in [6, 6.07) is 7.83. The predicted molar refractivity (Wildman–Crippen MR) is 73.0 cm³/mol. The van der Waals surface area contributed by atoms with Crippen LogP contribution in [0.3, 0.4) is 0 Å². The molecular formula is C13H11ClN2S. The molecule has 0 N–H and O–H groups in total. The van der Waals surface area contributed by atoms with E-state index in [1.54, 1.807) is 11.3 Å². The van der Waals surface area contributed by atoms with Crippen LogP contribution in [-0.4, -0.2) is 9.38 Å². The van der Waals surface area contributed by atoms with Crippen LogP contribution in [0, 0.1) is 13.8 Å². The van der Waals surface area contributed by atoms with E-state index >= 15 is 0 Å². The van der Waals surface area contributed by atoms with Crippen LogP contribution in [0.1, 0.15) is 11.4 Å². The lowest BCUT2D eigenvalue weighted by molar-refractivity contribution is 1.07. The number of thiazole rings is 1. The Hall–Kier alpha value is -1.32. The van der Waals surface area contributed by atoms with Crippen LogP contribution in [0.4, 0.5) is 0 Å². The van der Waals surface area contributed by atoms with Crippen LogP contribution in [0.5, 0.6) is 0 Å². The van der Waals surface area contributed by atoms with E-state index in [9.17, 15) is 0 Å². The van der Waals surface area contributed by atoms with Gasteiger partial charge in [0.15, 0.2) is 4.96 Å². The first kappa shape index (κ1) is 10.8. The van der Waals surface area contributed by atoms with Crippen molar-refractivity contribution >= 4 is 27.9 Å². The highest BCUT2D eigenvalue weighted by molar-refractivity contribution is 7.15. The summed E-state index contributed by atoms with van der Waals surface area (Å²) in [4.78, 5) is 5.70. The number of rotatable bonds is 1. The van der Waals surface area contributed by atoms with Crippen LogP contribution in [0.15, 0.2) is 29.6 Å². The number of aryl methyl sites for hydroxylation is 2. The molecule has 0 spiro atoms. The van der Waals surface area contributed by atoms with E-state index in [1.165, 1.54) is 11.4 Å². The molecule has 3 aromatic rings. The molecule has 0 amide bonds. The largest absolute Gasteiger partial charge is 0.292 e. The van der Waals surface area contributed by atoms with Gasteiger partial charge in [0.2, 0.25) is 0 Å². The molecule has 0 saturated carbocycles. The second kappa shape index (κ2) is 3.86. The van der Waals surface area contributed by atoms with Crippen molar-refractivity contribution in [2.45, 2.75) is 13.8 Å². The lowest BCUT2D eigenvalue weighted by Crippen LogP contribution is -1.88. The SMILES string of the molecule is Cc1csc2nc(-c3cccc(Cl)c3)c(C)n12. The number of nitrogens with zero attached hydrogens (tertiary/aromatic N) is 2. The molecular weight excluding hydrogens is 252 g/mol. The smallest absolute Gasteiger partial charge is 0.194 e. The fourth-order valence-corrected chi connectivity index (χ4v) is 3.17. The number of benzene rings is 1. The minimum Gasteiger partial charge on any atom is -0.292 e. The number of hydrogen-bond acceptors (Lipinski definition) is 2. The Morgan fingerprint density at radius 1 is 1.29 bits per heavy atom. The van der Waals surface area contributed by atoms with Gasteiger partial charge < -0.3 is 0 Å². The zero-order valence-electron chi connectivity index (χ0n) is 9.57. The second-order valence-corrected chi connectivity index (χ2v) is 5.32. The van der Waals surface area contributed by atoms with Crippen LogP contribution >= 0.6 is 22.9 Å². The third-order valence-corrected chi connectivity index (χ3v) is 4.04. The minimum atomic E-state index is 0.745. The highest BCUT2D eigenvalue weighted by Gasteiger charge is 2.13. The van der Waals surface area contributed by atoms with Gasteiger partial charge >= 0.3 is 0 Å². The summed E-state index contributed by atoms with van der Waals surface area (Å²) in [5, 5.41) is 2.87. The average molecular weight is 263 g/mol. The normalized spacial score (nSPS) is 11.2. The molecule has 2 heterocycles. The Bertz CT molecular complexity index is 697. The second-order valence-electron chi connectivity index (χ2n) is 4.05. The number of imidazole rings is 1. The lowest BCUT2D eigenvalue weighted by Gasteiger charge is -2.00. The summed E-state index contributed by atoms with van der Waals surface area (Å²) in [6.07, 6.45) is 0. The van der Waals surface area contributed by atoms with Crippen molar-refractivity contribution in [3.8, 4) is 11.3 Å². The van der Waals surface area contributed by atoms with Gasteiger partial charge in [-0.2, -0.15) is 0 Å². The van der Waals surface area contributed by atoms with Gasteiger partial charge in [-0.1, -0.05) is 23.7 Å². The maximum Gasteiger partial charge on any atom is 0.194 e. The Balaban J connectivity index is 2.27. The fraction of sp³-hybridized carbons (Fsp3) is 0.154. The maximum absolute atomic E-state index is 6.02. The Morgan fingerprint density at radius 3 is 2.82 bits per heavy atom. The molecule has 2 nitrogen and oxygen atoms in total. The zero-order valence-corrected chi connectivity index (χ0v) is 11.1. The van der Waals surface area contributed by atoms with Crippen molar-refractivity contribution < 1.29 is 0 Å². The lowest BCUT2D eigenvalue weighted by atomic mass is 10.1. The molecule has 0 unspecified atom stereocenters. The number of fused-ring (bicyclic) bond motifs is 1. The summed E-state index contributed by atoms with van der Waals surface area (Å²) in [7, 11) is 0. The van der Waals surface area contributed by atoms with E-state index in [2.05, 4.69) is 28.6 Å². The molecule has 86 valence electrons. The van der Waals surface area contributed by atoms with E-state index in [0.29, 0.717) is 0 Å². The average Bonchev–Trinajstić information content (AvgIpc) is 2.81. The van der Waals surface area contributed by atoms with Gasteiger partial charge in [-0.25, -0.2) is 4.98 Å². The molecule has 17 heavy (non-hydrogen) atoms. The summed E-state index contributed by atoms with van der Waals surface area (Å²) in [6.45, 7) is 4.19. The Labute approximate surface area is 108 Å². The van der Waals surface area contributed by atoms with Crippen molar-refractivity contribution in [2.24, 2.45) is 0 Å². The van der Waals surface area contributed by atoms with Crippen molar-refractivity contribution in [3.63, 3.8) is 0 Å². The molecule has 0 bridgehead atoms. The van der Waals surface area contributed by atoms with Gasteiger partial charge in [0.25, 0.3) is 0 Å². The van der Waals surface area contributed by atoms with E-state index in [0.717, 1.165) is 21.2 Å². The monoisotopic (exact) mass is 262 g/mol. The number of aromatic nitrogens is 2. The topological polar surface area (TPSA) is 17.3 Å². The minimum absolute atomic E-state index is 0.745. The summed E-state index contributed by atoms with van der Waals surface area (Å²) < 4.78 is 2.18. The quantitative estimate of drug-likeness (QED) is 0.638. The van der Waals surface area contributed by atoms with Crippen LogP contribution in [-0.2, 0) is 0 Å². The standard InChI is InChI=1S/C13H11ClN2S/c1-8-7-17-13-15-12(9(2)16(8)13)10-4-3-5-11(14)6-10/h3-7H,1-2H3. The first-order valence-corrected chi connectivity index (χ1v) is 6.61. The van der Waals surface area contributed by atoms with Gasteiger partial charge in [-0.15, -0.1) is 11.3 Å². The molecule has 0 aliphatic heterocycles. The van der Waals surface area contributed by atoms with Gasteiger partial charge in [-0.05, 0) is 26.0 Å². The van der Waals surface area contributed by atoms with Crippen molar-refractivity contribution in [1.29, 1.82) is 0 Å². The molecule has 0 aliphatic rings.